The molecule has 0 aliphatic carbocycles. The van der Waals surface area contributed by atoms with Crippen molar-refractivity contribution >= 4 is 12.7 Å². The lowest BCUT2D eigenvalue weighted by Gasteiger charge is -2.32. The first kappa shape index (κ1) is 15.2. The Morgan fingerprint density at radius 2 is 1.59 bits per heavy atom. The Morgan fingerprint density at radius 1 is 0.955 bits per heavy atom. The van der Waals surface area contributed by atoms with Crippen molar-refractivity contribution in [3.8, 4) is 11.3 Å². The van der Waals surface area contributed by atoms with Crippen molar-refractivity contribution in [2.75, 3.05) is 0 Å². The molecule has 2 heterocycles. The molecular weight excluding hydrogens is 275 g/mol. The molecule has 1 aliphatic rings. The van der Waals surface area contributed by atoms with Crippen molar-refractivity contribution in [2.45, 2.75) is 45.8 Å². The third kappa shape index (κ3) is 2.55. The lowest BCUT2D eigenvalue weighted by Crippen LogP contribution is -2.41. The van der Waals surface area contributed by atoms with Crippen molar-refractivity contribution in [1.82, 2.24) is 9.97 Å². The second kappa shape index (κ2) is 5.18. The van der Waals surface area contributed by atoms with E-state index in [1.807, 2.05) is 45.9 Å². The second-order valence-electron chi connectivity index (χ2n) is 6.73. The van der Waals surface area contributed by atoms with Crippen molar-refractivity contribution in [3.63, 3.8) is 0 Å². The van der Waals surface area contributed by atoms with Gasteiger partial charge in [0.25, 0.3) is 0 Å². The first-order valence-corrected chi connectivity index (χ1v) is 7.54. The van der Waals surface area contributed by atoms with Gasteiger partial charge in [-0.3, -0.25) is 0 Å². The summed E-state index contributed by atoms with van der Waals surface area (Å²) in [7, 11) is -0.462. The molecule has 1 aromatic heterocycles. The molecule has 0 atom stereocenters. The van der Waals surface area contributed by atoms with Gasteiger partial charge in [-0.15, -0.1) is 0 Å². The van der Waals surface area contributed by atoms with Crippen LogP contribution in [-0.2, 0) is 9.31 Å². The molecule has 0 N–H and O–H groups in total. The molecule has 1 aliphatic heterocycles. The first-order chi connectivity index (χ1) is 10.3. The van der Waals surface area contributed by atoms with Crippen molar-refractivity contribution in [1.29, 1.82) is 0 Å². The summed E-state index contributed by atoms with van der Waals surface area (Å²) in [6.07, 6.45) is 1.57. The molecule has 0 radical (unpaired) electrons. The number of hydrogen-bond acceptors (Lipinski definition) is 4. The molecule has 22 heavy (non-hydrogen) atoms. The number of aromatic nitrogens is 2. The molecule has 0 bridgehead atoms. The van der Waals surface area contributed by atoms with Crippen LogP contribution in [0.15, 0.2) is 36.7 Å². The highest BCUT2D eigenvalue weighted by Gasteiger charge is 2.52. The molecule has 0 amide bonds. The average molecular weight is 296 g/mol. The fraction of sp³-hybridized carbons (Fsp3) is 0.412. The molecule has 1 fully saturated rings. The lowest BCUT2D eigenvalue weighted by molar-refractivity contribution is 0.00578. The van der Waals surface area contributed by atoms with Crippen LogP contribution < -0.4 is 5.59 Å². The molecule has 1 saturated heterocycles. The average Bonchev–Trinajstić information content (AvgIpc) is 2.68. The van der Waals surface area contributed by atoms with Crippen molar-refractivity contribution in [2.24, 2.45) is 0 Å². The second-order valence-corrected chi connectivity index (χ2v) is 6.73. The van der Waals surface area contributed by atoms with Crippen LogP contribution in [0.1, 0.15) is 33.3 Å². The Kier molecular flexibility index (Phi) is 3.58. The maximum atomic E-state index is 6.06. The van der Waals surface area contributed by atoms with E-state index in [1.54, 1.807) is 6.33 Å². The predicted molar refractivity (Wildman–Crippen MR) is 87.9 cm³/mol. The van der Waals surface area contributed by atoms with Gasteiger partial charge >= 0.3 is 7.12 Å². The van der Waals surface area contributed by atoms with Crippen LogP contribution in [-0.4, -0.2) is 28.3 Å². The maximum Gasteiger partial charge on any atom is 0.514 e. The summed E-state index contributed by atoms with van der Waals surface area (Å²) >= 11 is 0. The molecule has 1 aromatic carbocycles. The highest BCUT2D eigenvalue weighted by Crippen LogP contribution is 2.36. The topological polar surface area (TPSA) is 44.2 Å². The minimum atomic E-state index is -0.462. The van der Waals surface area contributed by atoms with E-state index in [0.29, 0.717) is 0 Å². The Hall–Kier alpha value is -1.72. The van der Waals surface area contributed by atoms with Crippen LogP contribution in [0.3, 0.4) is 0 Å². The predicted octanol–water partition coefficient (Wildman–Crippen LogP) is 2.75. The zero-order chi connectivity index (χ0) is 16.0. The quantitative estimate of drug-likeness (QED) is 0.799. The molecule has 114 valence electrons. The van der Waals surface area contributed by atoms with E-state index in [2.05, 4.69) is 29.0 Å². The van der Waals surface area contributed by atoms with E-state index in [9.17, 15) is 0 Å². The van der Waals surface area contributed by atoms with Gasteiger partial charge < -0.3 is 9.31 Å². The monoisotopic (exact) mass is 296 g/mol. The van der Waals surface area contributed by atoms with Gasteiger partial charge in [-0.1, -0.05) is 24.3 Å². The van der Waals surface area contributed by atoms with Crippen LogP contribution >= 0.6 is 0 Å². The molecule has 2 aromatic rings. The smallest absolute Gasteiger partial charge is 0.398 e. The molecule has 5 heteroatoms. The summed E-state index contributed by atoms with van der Waals surface area (Å²) in [6, 6.07) is 10.1. The Balaban J connectivity index is 1.95. The summed E-state index contributed by atoms with van der Waals surface area (Å²) in [5.74, 6) is 0. The summed E-state index contributed by atoms with van der Waals surface area (Å²) in [4.78, 5) is 8.74. The third-order valence-corrected chi connectivity index (χ3v) is 4.60. The number of rotatable bonds is 2. The Labute approximate surface area is 132 Å². The standard InChI is InChI=1S/C17H21BN2O2/c1-12-8-6-7-9-13(12)14-10-15(20-11-19-14)18-21-16(2,3)17(4,5)22-18/h6-11H,1-5H3. The van der Waals surface area contributed by atoms with Crippen LogP contribution in [0, 0.1) is 6.92 Å². The SMILES string of the molecule is Cc1ccccc1-c1cc(B2OC(C)(C)C(C)(C)O2)ncn1. The molecule has 3 rings (SSSR count). The van der Waals surface area contributed by atoms with E-state index in [4.69, 9.17) is 9.31 Å². The van der Waals surface area contributed by atoms with E-state index in [1.165, 1.54) is 5.56 Å². The van der Waals surface area contributed by atoms with Gasteiger partial charge in [-0.25, -0.2) is 9.97 Å². The fourth-order valence-corrected chi connectivity index (χ4v) is 2.47. The van der Waals surface area contributed by atoms with E-state index in [0.717, 1.165) is 16.9 Å². The zero-order valence-electron chi connectivity index (χ0n) is 13.8. The fourth-order valence-electron chi connectivity index (χ4n) is 2.47. The maximum absolute atomic E-state index is 6.06. The highest BCUT2D eigenvalue weighted by molar-refractivity contribution is 6.61. The minimum absolute atomic E-state index is 0.370. The number of benzene rings is 1. The third-order valence-electron chi connectivity index (χ3n) is 4.60. The van der Waals surface area contributed by atoms with Gasteiger partial charge in [0.1, 0.15) is 6.33 Å². The van der Waals surface area contributed by atoms with Gasteiger partial charge in [0, 0.05) is 5.56 Å². The number of hydrogen-bond donors (Lipinski definition) is 0. The van der Waals surface area contributed by atoms with Crippen LogP contribution in [0.5, 0.6) is 0 Å². The van der Waals surface area contributed by atoms with Gasteiger partial charge in [0.2, 0.25) is 0 Å². The summed E-state index contributed by atoms with van der Waals surface area (Å²) in [6.45, 7) is 10.2. The van der Waals surface area contributed by atoms with Crippen LogP contribution in [0.25, 0.3) is 11.3 Å². The van der Waals surface area contributed by atoms with Gasteiger partial charge in [-0.2, -0.15) is 0 Å². The normalized spacial score (nSPS) is 19.4. The largest absolute Gasteiger partial charge is 0.514 e. The summed E-state index contributed by atoms with van der Waals surface area (Å²) in [5, 5.41) is 0. The lowest BCUT2D eigenvalue weighted by atomic mass is 9.83. The van der Waals surface area contributed by atoms with E-state index >= 15 is 0 Å². The molecular formula is C17H21BN2O2. The van der Waals surface area contributed by atoms with Crippen molar-refractivity contribution in [3.05, 3.63) is 42.2 Å². The first-order valence-electron chi connectivity index (χ1n) is 7.54. The number of aryl methyl sites for hydroxylation is 1. The van der Waals surface area contributed by atoms with Gasteiger partial charge in [0.15, 0.2) is 0 Å². The zero-order valence-corrected chi connectivity index (χ0v) is 13.8. The van der Waals surface area contributed by atoms with Crippen molar-refractivity contribution < 1.29 is 9.31 Å². The van der Waals surface area contributed by atoms with E-state index in [-0.39, 0.29) is 11.2 Å². The van der Waals surface area contributed by atoms with Gasteiger partial charge in [0.05, 0.1) is 22.5 Å². The summed E-state index contributed by atoms with van der Waals surface area (Å²) < 4.78 is 12.1. The molecule has 4 nitrogen and oxygen atoms in total. The Bertz CT molecular complexity index is 685. The number of nitrogens with zero attached hydrogens (tertiary/aromatic N) is 2. The summed E-state index contributed by atoms with van der Waals surface area (Å²) in [5.41, 5.74) is 3.19. The molecule has 0 saturated carbocycles. The minimum Gasteiger partial charge on any atom is -0.398 e. The van der Waals surface area contributed by atoms with Crippen LogP contribution in [0.2, 0.25) is 0 Å². The van der Waals surface area contributed by atoms with E-state index < -0.39 is 7.12 Å². The molecule has 0 unspecified atom stereocenters. The van der Waals surface area contributed by atoms with Crippen LogP contribution in [0.4, 0.5) is 0 Å². The highest BCUT2D eigenvalue weighted by atomic mass is 16.7. The Morgan fingerprint density at radius 3 is 2.23 bits per heavy atom. The van der Waals surface area contributed by atoms with Gasteiger partial charge in [-0.05, 0) is 46.2 Å². The molecule has 0 spiro atoms.